The first-order chi connectivity index (χ1) is 10.2. The fourth-order valence-electron chi connectivity index (χ4n) is 1.94. The minimum Gasteiger partial charge on any atom is -0.497 e. The average Bonchev–Trinajstić information content (AvgIpc) is 3.06. The molecule has 0 saturated heterocycles. The van der Waals surface area contributed by atoms with Crippen LogP contribution in [0.5, 0.6) is 5.75 Å². The van der Waals surface area contributed by atoms with Gasteiger partial charge in [-0.1, -0.05) is 28.9 Å². The number of nitrogens with zero attached hydrogens (tertiary/aromatic N) is 1. The smallest absolute Gasteiger partial charge is 0.368 e. The summed E-state index contributed by atoms with van der Waals surface area (Å²) in [4.78, 5) is 17.5. The minimum atomic E-state index is -0.475. The van der Waals surface area contributed by atoms with Crippen molar-refractivity contribution in [1.82, 2.24) is 0 Å². The second-order valence-corrected chi connectivity index (χ2v) is 6.00. The maximum Gasteiger partial charge on any atom is 0.368 e. The molecule has 0 saturated carbocycles. The molecule has 1 aromatic heterocycles. The molecule has 6 heteroatoms. The van der Waals surface area contributed by atoms with Crippen molar-refractivity contribution in [2.75, 3.05) is 7.11 Å². The van der Waals surface area contributed by atoms with Crippen molar-refractivity contribution in [3.63, 3.8) is 0 Å². The third-order valence-corrected chi connectivity index (χ3v) is 4.10. The summed E-state index contributed by atoms with van der Waals surface area (Å²) in [6, 6.07) is 10.9. The third kappa shape index (κ3) is 2.84. The number of benzene rings is 1. The van der Waals surface area contributed by atoms with Crippen LogP contribution < -0.4 is 4.74 Å². The van der Waals surface area contributed by atoms with Crippen molar-refractivity contribution in [3.05, 3.63) is 56.7 Å². The van der Waals surface area contributed by atoms with E-state index in [0.717, 1.165) is 10.4 Å². The van der Waals surface area contributed by atoms with Crippen LogP contribution in [-0.4, -0.2) is 18.8 Å². The Kier molecular flexibility index (Phi) is 3.77. The molecule has 0 aliphatic carbocycles. The van der Waals surface area contributed by atoms with Gasteiger partial charge in [-0.3, -0.25) is 0 Å². The number of thiophene rings is 1. The van der Waals surface area contributed by atoms with E-state index in [0.29, 0.717) is 21.4 Å². The first-order valence-electron chi connectivity index (χ1n) is 6.08. The molecule has 106 valence electrons. The first-order valence-corrected chi connectivity index (χ1v) is 7.28. The topological polar surface area (TPSA) is 47.9 Å². The third-order valence-electron chi connectivity index (χ3n) is 2.92. The van der Waals surface area contributed by atoms with E-state index in [1.807, 2.05) is 24.3 Å². The van der Waals surface area contributed by atoms with Gasteiger partial charge in [0.25, 0.3) is 0 Å². The summed E-state index contributed by atoms with van der Waals surface area (Å²) in [5.41, 5.74) is 1.65. The van der Waals surface area contributed by atoms with Crippen molar-refractivity contribution in [3.8, 4) is 5.75 Å². The molecule has 0 fully saturated rings. The predicted molar refractivity (Wildman–Crippen MR) is 82.9 cm³/mol. The Balaban J connectivity index is 2.01. The molecule has 2 heterocycles. The van der Waals surface area contributed by atoms with E-state index in [9.17, 15) is 4.79 Å². The summed E-state index contributed by atoms with van der Waals surface area (Å²) in [5.74, 6) is 0.213. The molecule has 21 heavy (non-hydrogen) atoms. The number of ether oxygens (including phenoxy) is 1. The normalized spacial score (nSPS) is 16.0. The zero-order valence-corrected chi connectivity index (χ0v) is 12.6. The van der Waals surface area contributed by atoms with Crippen LogP contribution in [0.3, 0.4) is 0 Å². The van der Waals surface area contributed by atoms with Gasteiger partial charge in [0.1, 0.15) is 11.5 Å². The maximum absolute atomic E-state index is 11.9. The summed E-state index contributed by atoms with van der Waals surface area (Å²) < 4.78 is 5.84. The molecular formula is C15H10ClNO3S. The van der Waals surface area contributed by atoms with E-state index in [2.05, 4.69) is 5.16 Å². The highest BCUT2D eigenvalue weighted by Crippen LogP contribution is 2.27. The van der Waals surface area contributed by atoms with Gasteiger partial charge in [0, 0.05) is 10.4 Å². The highest BCUT2D eigenvalue weighted by Gasteiger charge is 2.27. The van der Waals surface area contributed by atoms with Gasteiger partial charge in [-0.25, -0.2) is 4.79 Å². The van der Waals surface area contributed by atoms with Crippen LogP contribution in [0.15, 0.2) is 47.1 Å². The molecule has 0 atom stereocenters. The number of halogens is 1. The van der Waals surface area contributed by atoms with Crippen molar-refractivity contribution >= 4 is 40.7 Å². The molecule has 1 aliphatic heterocycles. The predicted octanol–water partition coefficient (Wildman–Crippen LogP) is 3.75. The van der Waals surface area contributed by atoms with Gasteiger partial charge in [-0.2, -0.15) is 0 Å². The van der Waals surface area contributed by atoms with Gasteiger partial charge >= 0.3 is 5.97 Å². The van der Waals surface area contributed by atoms with Crippen LogP contribution in [0.25, 0.3) is 6.08 Å². The summed E-state index contributed by atoms with van der Waals surface area (Å²) in [6.45, 7) is 0. The number of oxime groups is 1. The summed E-state index contributed by atoms with van der Waals surface area (Å²) in [5, 5.41) is 3.86. The zero-order chi connectivity index (χ0) is 14.8. The van der Waals surface area contributed by atoms with Crippen LogP contribution in [0.2, 0.25) is 4.34 Å². The Hall–Kier alpha value is -2.11. The number of carbonyl (C=O) groups excluding carboxylic acids is 1. The lowest BCUT2D eigenvalue weighted by Gasteiger charge is -2.03. The lowest BCUT2D eigenvalue weighted by atomic mass is 10.0. The van der Waals surface area contributed by atoms with E-state index < -0.39 is 5.97 Å². The summed E-state index contributed by atoms with van der Waals surface area (Å²) >= 11 is 7.28. The SMILES string of the molecule is COc1cccc(C2=NOC(=O)/C2=C\c2ccc(Cl)s2)c1. The van der Waals surface area contributed by atoms with Crippen molar-refractivity contribution in [2.24, 2.45) is 5.16 Å². The van der Waals surface area contributed by atoms with Gasteiger partial charge in [0.15, 0.2) is 0 Å². The molecule has 1 aliphatic rings. The number of hydrogen-bond acceptors (Lipinski definition) is 5. The Morgan fingerprint density at radius 1 is 1.33 bits per heavy atom. The van der Waals surface area contributed by atoms with Crippen molar-refractivity contribution < 1.29 is 14.4 Å². The Morgan fingerprint density at radius 2 is 2.19 bits per heavy atom. The zero-order valence-electron chi connectivity index (χ0n) is 11.0. The Bertz CT molecular complexity index is 764. The van der Waals surface area contributed by atoms with Crippen LogP contribution >= 0.6 is 22.9 Å². The number of methoxy groups -OCH3 is 1. The second-order valence-electron chi connectivity index (χ2n) is 4.25. The van der Waals surface area contributed by atoms with E-state index in [1.165, 1.54) is 11.3 Å². The van der Waals surface area contributed by atoms with Crippen LogP contribution in [0.4, 0.5) is 0 Å². The second kappa shape index (κ2) is 5.71. The van der Waals surface area contributed by atoms with Crippen LogP contribution in [-0.2, 0) is 9.63 Å². The molecule has 0 bridgehead atoms. The van der Waals surface area contributed by atoms with Crippen LogP contribution in [0.1, 0.15) is 10.4 Å². The van der Waals surface area contributed by atoms with Crippen molar-refractivity contribution in [1.29, 1.82) is 0 Å². The highest BCUT2D eigenvalue weighted by molar-refractivity contribution is 7.17. The van der Waals surface area contributed by atoms with Crippen LogP contribution in [0, 0.1) is 0 Å². The fourth-order valence-corrected chi connectivity index (χ4v) is 2.94. The Labute approximate surface area is 130 Å². The molecular weight excluding hydrogens is 310 g/mol. The first kappa shape index (κ1) is 13.9. The van der Waals surface area contributed by atoms with Crippen molar-refractivity contribution in [2.45, 2.75) is 0 Å². The lowest BCUT2D eigenvalue weighted by Crippen LogP contribution is -2.06. The van der Waals surface area contributed by atoms with E-state index in [1.54, 1.807) is 25.3 Å². The largest absolute Gasteiger partial charge is 0.497 e. The molecule has 3 rings (SSSR count). The lowest BCUT2D eigenvalue weighted by molar-refractivity contribution is -0.136. The molecule has 1 aromatic carbocycles. The average molecular weight is 320 g/mol. The summed E-state index contributed by atoms with van der Waals surface area (Å²) in [7, 11) is 1.58. The maximum atomic E-state index is 11.9. The number of rotatable bonds is 3. The summed E-state index contributed by atoms with van der Waals surface area (Å²) in [6.07, 6.45) is 1.73. The fraction of sp³-hybridized carbons (Fsp3) is 0.0667. The van der Waals surface area contributed by atoms with Gasteiger partial charge in [0.05, 0.1) is 17.0 Å². The molecule has 0 amide bonds. The standard InChI is InChI=1S/C15H10ClNO3S/c1-19-10-4-2-3-9(7-10)14-12(15(18)20-17-14)8-11-5-6-13(16)21-11/h2-8H,1H3/b12-8-. The molecule has 0 radical (unpaired) electrons. The van der Waals surface area contributed by atoms with Gasteiger partial charge in [-0.15, -0.1) is 11.3 Å². The van der Waals surface area contributed by atoms with Gasteiger partial charge < -0.3 is 9.57 Å². The van der Waals surface area contributed by atoms with Gasteiger partial charge in [0.2, 0.25) is 0 Å². The minimum absolute atomic E-state index is 0.404. The van der Waals surface area contributed by atoms with Gasteiger partial charge in [-0.05, 0) is 30.3 Å². The van der Waals surface area contributed by atoms with E-state index >= 15 is 0 Å². The number of hydrogen-bond donors (Lipinski definition) is 0. The molecule has 0 N–H and O–H groups in total. The quantitative estimate of drug-likeness (QED) is 0.639. The molecule has 4 nitrogen and oxygen atoms in total. The molecule has 0 spiro atoms. The van der Waals surface area contributed by atoms with E-state index in [4.69, 9.17) is 21.2 Å². The molecule has 0 unspecified atom stereocenters. The monoisotopic (exact) mass is 319 g/mol. The highest BCUT2D eigenvalue weighted by atomic mass is 35.5. The van der Waals surface area contributed by atoms with E-state index in [-0.39, 0.29) is 0 Å². The Morgan fingerprint density at radius 3 is 2.90 bits per heavy atom. The molecule has 2 aromatic rings. The number of carbonyl (C=O) groups is 1.